The molecule has 44 heavy (non-hydrogen) atoms. The molecule has 0 aliphatic rings. The van der Waals surface area contributed by atoms with Crippen molar-refractivity contribution >= 4 is 46.5 Å². The lowest BCUT2D eigenvalue weighted by atomic mass is 10.0. The number of carboxylic acid groups (broad SMARTS) is 3. The molecule has 0 radical (unpaired) electrons. The Hall–Kier alpha value is -5.24. The Morgan fingerprint density at radius 1 is 0.682 bits per heavy atom. The standard InChI is InChI=1S/C30H35N5O9/c31-20(10-12-25(36)37)27(40)33-22(11-13-26(38)39)28(41)34-23(15-18-16-32-21-9-5-4-8-19(18)21)29(42)35-24(30(43)44)14-17-6-2-1-3-7-17/h1-9,16,20,22-24,32H,10-15,31H2,(H,33,40)(H,34,41)(H,35,42)(H,36,37)(H,38,39)(H,43,44). The zero-order chi connectivity index (χ0) is 32.2. The maximum atomic E-state index is 13.6. The number of hydrogen-bond donors (Lipinski definition) is 8. The Balaban J connectivity index is 1.85. The number of hydrogen-bond acceptors (Lipinski definition) is 7. The first-order valence-corrected chi connectivity index (χ1v) is 13.9. The molecule has 0 aliphatic heterocycles. The number of aliphatic carboxylic acids is 3. The summed E-state index contributed by atoms with van der Waals surface area (Å²) in [5.74, 6) is -6.30. The highest BCUT2D eigenvalue weighted by molar-refractivity contribution is 5.95. The molecule has 3 amide bonds. The van der Waals surface area contributed by atoms with E-state index < -0.39 is 72.6 Å². The monoisotopic (exact) mass is 609 g/mol. The van der Waals surface area contributed by atoms with Crippen molar-refractivity contribution in [3.05, 3.63) is 71.9 Å². The quantitative estimate of drug-likeness (QED) is 0.106. The van der Waals surface area contributed by atoms with Crippen molar-refractivity contribution in [2.75, 3.05) is 0 Å². The molecule has 3 aromatic rings. The van der Waals surface area contributed by atoms with Gasteiger partial charge in [-0.25, -0.2) is 4.79 Å². The van der Waals surface area contributed by atoms with Crippen molar-refractivity contribution in [2.24, 2.45) is 5.73 Å². The van der Waals surface area contributed by atoms with Gasteiger partial charge in [0.25, 0.3) is 0 Å². The summed E-state index contributed by atoms with van der Waals surface area (Å²) in [4.78, 5) is 76.9. The first kappa shape index (κ1) is 33.3. The summed E-state index contributed by atoms with van der Waals surface area (Å²) >= 11 is 0. The van der Waals surface area contributed by atoms with E-state index in [0.29, 0.717) is 11.1 Å². The summed E-state index contributed by atoms with van der Waals surface area (Å²) < 4.78 is 0. The van der Waals surface area contributed by atoms with E-state index in [1.165, 1.54) is 0 Å². The number of rotatable bonds is 17. The Morgan fingerprint density at radius 2 is 1.25 bits per heavy atom. The highest BCUT2D eigenvalue weighted by atomic mass is 16.4. The van der Waals surface area contributed by atoms with Crippen molar-refractivity contribution in [3.8, 4) is 0 Å². The largest absolute Gasteiger partial charge is 0.481 e. The van der Waals surface area contributed by atoms with Gasteiger partial charge in [0.2, 0.25) is 17.7 Å². The number of carboxylic acids is 3. The van der Waals surface area contributed by atoms with Crippen molar-refractivity contribution < 1.29 is 44.1 Å². The van der Waals surface area contributed by atoms with E-state index >= 15 is 0 Å². The molecule has 9 N–H and O–H groups in total. The average Bonchev–Trinajstić information content (AvgIpc) is 3.40. The summed E-state index contributed by atoms with van der Waals surface area (Å²) in [7, 11) is 0. The van der Waals surface area contributed by atoms with Crippen LogP contribution in [0.2, 0.25) is 0 Å². The highest BCUT2D eigenvalue weighted by Crippen LogP contribution is 2.19. The van der Waals surface area contributed by atoms with Gasteiger partial charge < -0.3 is 42.0 Å². The molecule has 14 heteroatoms. The number of fused-ring (bicyclic) bond motifs is 1. The van der Waals surface area contributed by atoms with Crippen molar-refractivity contribution in [2.45, 2.75) is 62.7 Å². The van der Waals surface area contributed by atoms with Gasteiger partial charge in [-0.2, -0.15) is 0 Å². The Labute approximate surface area is 252 Å². The van der Waals surface area contributed by atoms with Crippen LogP contribution in [-0.2, 0) is 41.6 Å². The number of carbonyl (C=O) groups is 6. The summed E-state index contributed by atoms with van der Waals surface area (Å²) in [6.45, 7) is 0. The van der Waals surface area contributed by atoms with Gasteiger partial charge in [-0.05, 0) is 30.0 Å². The maximum absolute atomic E-state index is 13.6. The third kappa shape index (κ3) is 9.94. The first-order valence-electron chi connectivity index (χ1n) is 13.9. The summed E-state index contributed by atoms with van der Waals surface area (Å²) in [5, 5.41) is 36.0. The minimum absolute atomic E-state index is 0.0266. The number of aromatic nitrogens is 1. The van der Waals surface area contributed by atoms with Crippen LogP contribution in [0, 0.1) is 0 Å². The van der Waals surface area contributed by atoms with Gasteiger partial charge in [0.1, 0.15) is 18.1 Å². The normalized spacial score (nSPS) is 13.7. The molecule has 14 nitrogen and oxygen atoms in total. The van der Waals surface area contributed by atoms with Crippen molar-refractivity contribution in [3.63, 3.8) is 0 Å². The Morgan fingerprint density at radius 3 is 1.91 bits per heavy atom. The molecule has 4 atom stereocenters. The Bertz CT molecular complexity index is 1490. The van der Waals surface area contributed by atoms with E-state index in [1.54, 1.807) is 42.6 Å². The molecule has 0 aliphatic carbocycles. The number of nitrogens with one attached hydrogen (secondary N) is 4. The van der Waals surface area contributed by atoms with Gasteiger partial charge in [-0.3, -0.25) is 24.0 Å². The summed E-state index contributed by atoms with van der Waals surface area (Å²) in [5.41, 5.74) is 7.83. The molecular formula is C30H35N5O9. The minimum Gasteiger partial charge on any atom is -0.481 e. The van der Waals surface area contributed by atoms with Crippen LogP contribution in [0.5, 0.6) is 0 Å². The molecule has 0 spiro atoms. The minimum atomic E-state index is -1.44. The predicted octanol–water partition coefficient (Wildman–Crippen LogP) is 0.549. The zero-order valence-electron chi connectivity index (χ0n) is 23.7. The molecular weight excluding hydrogens is 574 g/mol. The van der Waals surface area contributed by atoms with E-state index in [-0.39, 0.29) is 25.7 Å². The molecule has 4 unspecified atom stereocenters. The number of benzene rings is 2. The molecule has 1 heterocycles. The molecule has 3 rings (SSSR count). The number of H-pyrrole nitrogens is 1. The van der Waals surface area contributed by atoms with Crippen LogP contribution in [0.25, 0.3) is 10.9 Å². The van der Waals surface area contributed by atoms with Crippen LogP contribution in [0.1, 0.15) is 36.8 Å². The van der Waals surface area contributed by atoms with E-state index in [1.807, 2.05) is 18.2 Å². The summed E-state index contributed by atoms with van der Waals surface area (Å²) in [6, 6.07) is 10.5. The molecule has 0 saturated carbocycles. The van der Waals surface area contributed by atoms with Gasteiger partial charge in [0.05, 0.1) is 6.04 Å². The van der Waals surface area contributed by atoms with Gasteiger partial charge >= 0.3 is 17.9 Å². The van der Waals surface area contributed by atoms with E-state index in [0.717, 1.165) is 10.9 Å². The fraction of sp³-hybridized carbons (Fsp3) is 0.333. The van der Waals surface area contributed by atoms with Crippen LogP contribution < -0.4 is 21.7 Å². The van der Waals surface area contributed by atoms with Crippen LogP contribution in [0.15, 0.2) is 60.8 Å². The van der Waals surface area contributed by atoms with E-state index in [4.69, 9.17) is 10.8 Å². The second-order valence-corrected chi connectivity index (χ2v) is 10.2. The number of nitrogens with two attached hydrogens (primary N) is 1. The lowest BCUT2D eigenvalue weighted by molar-refractivity contribution is -0.142. The first-order chi connectivity index (χ1) is 20.9. The molecule has 0 saturated heterocycles. The van der Waals surface area contributed by atoms with Gasteiger partial charge in [-0.1, -0.05) is 48.5 Å². The maximum Gasteiger partial charge on any atom is 0.326 e. The summed E-state index contributed by atoms with van der Waals surface area (Å²) in [6.07, 6.45) is 0.0597. The second kappa shape index (κ2) is 15.8. The van der Waals surface area contributed by atoms with Crippen LogP contribution >= 0.6 is 0 Å². The van der Waals surface area contributed by atoms with Gasteiger partial charge in [-0.15, -0.1) is 0 Å². The molecule has 0 fully saturated rings. The smallest absolute Gasteiger partial charge is 0.326 e. The highest BCUT2D eigenvalue weighted by Gasteiger charge is 2.31. The average molecular weight is 610 g/mol. The van der Waals surface area contributed by atoms with Crippen LogP contribution in [0.3, 0.4) is 0 Å². The topological polar surface area (TPSA) is 241 Å². The molecule has 0 bridgehead atoms. The Kier molecular flexibility index (Phi) is 12.0. The van der Waals surface area contributed by atoms with E-state index in [9.17, 15) is 39.0 Å². The van der Waals surface area contributed by atoms with Crippen molar-refractivity contribution in [1.29, 1.82) is 0 Å². The predicted molar refractivity (Wildman–Crippen MR) is 157 cm³/mol. The van der Waals surface area contributed by atoms with Gasteiger partial charge in [0.15, 0.2) is 0 Å². The van der Waals surface area contributed by atoms with Crippen LogP contribution in [-0.4, -0.2) is 80.1 Å². The van der Waals surface area contributed by atoms with Crippen LogP contribution in [0.4, 0.5) is 0 Å². The molecule has 2 aromatic carbocycles. The fourth-order valence-corrected chi connectivity index (χ4v) is 4.55. The SMILES string of the molecule is NC(CCC(=O)O)C(=O)NC(CCC(=O)O)C(=O)NC(Cc1c[nH]c2ccccc12)C(=O)NC(Cc1ccccc1)C(=O)O. The van der Waals surface area contributed by atoms with Crippen molar-refractivity contribution in [1.82, 2.24) is 20.9 Å². The number of para-hydroxylation sites is 1. The second-order valence-electron chi connectivity index (χ2n) is 10.2. The fourth-order valence-electron chi connectivity index (χ4n) is 4.55. The number of carbonyl (C=O) groups excluding carboxylic acids is 3. The molecule has 234 valence electrons. The van der Waals surface area contributed by atoms with Gasteiger partial charge in [0, 0.05) is 42.8 Å². The third-order valence-corrected chi connectivity index (χ3v) is 6.92. The number of amides is 3. The number of aromatic amines is 1. The third-order valence-electron chi connectivity index (χ3n) is 6.92. The lowest BCUT2D eigenvalue weighted by Crippen LogP contribution is -2.58. The molecule has 1 aromatic heterocycles. The lowest BCUT2D eigenvalue weighted by Gasteiger charge is -2.25. The van der Waals surface area contributed by atoms with E-state index in [2.05, 4.69) is 20.9 Å². The zero-order valence-corrected chi connectivity index (χ0v) is 23.7.